The van der Waals surface area contributed by atoms with Gasteiger partial charge in [-0.1, -0.05) is 12.1 Å². The normalized spacial score (nSPS) is 15.4. The summed E-state index contributed by atoms with van der Waals surface area (Å²) in [5, 5.41) is 9.11. The monoisotopic (exact) mass is 544 g/mol. The SMILES string of the molecule is CN=C(NCCc1ccc(OC)c(OC)c1)NCC(c1cccs1)N1CCCC1.I. The van der Waals surface area contributed by atoms with Crippen LogP contribution in [0.25, 0.3) is 0 Å². The first-order chi connectivity index (χ1) is 14.2. The van der Waals surface area contributed by atoms with Crippen molar-refractivity contribution >= 4 is 41.3 Å². The van der Waals surface area contributed by atoms with Gasteiger partial charge >= 0.3 is 0 Å². The molecule has 1 saturated heterocycles. The van der Waals surface area contributed by atoms with Gasteiger partial charge in [-0.05, 0) is 61.5 Å². The number of halogens is 1. The summed E-state index contributed by atoms with van der Waals surface area (Å²) in [4.78, 5) is 8.39. The third-order valence-electron chi connectivity index (χ3n) is 5.29. The summed E-state index contributed by atoms with van der Waals surface area (Å²) in [5.41, 5.74) is 1.19. The maximum Gasteiger partial charge on any atom is 0.191 e. The molecule has 3 rings (SSSR count). The van der Waals surface area contributed by atoms with Crippen LogP contribution in [0.1, 0.15) is 29.3 Å². The van der Waals surface area contributed by atoms with E-state index in [4.69, 9.17) is 9.47 Å². The number of likely N-dealkylation sites (tertiary alicyclic amines) is 1. The highest BCUT2D eigenvalue weighted by Gasteiger charge is 2.24. The van der Waals surface area contributed by atoms with Crippen molar-refractivity contribution < 1.29 is 9.47 Å². The average molecular weight is 545 g/mol. The molecule has 30 heavy (non-hydrogen) atoms. The molecular formula is C22H33IN4O2S. The molecule has 2 aromatic rings. The maximum atomic E-state index is 5.39. The second-order valence-electron chi connectivity index (χ2n) is 7.09. The molecule has 0 spiro atoms. The molecule has 2 N–H and O–H groups in total. The van der Waals surface area contributed by atoms with E-state index in [1.54, 1.807) is 14.2 Å². The Morgan fingerprint density at radius 2 is 1.90 bits per heavy atom. The molecule has 1 aliphatic heterocycles. The summed E-state index contributed by atoms with van der Waals surface area (Å²) in [6, 6.07) is 10.8. The molecular weight excluding hydrogens is 511 g/mol. The molecule has 166 valence electrons. The summed E-state index contributed by atoms with van der Waals surface area (Å²) in [5.74, 6) is 2.35. The van der Waals surface area contributed by atoms with Crippen LogP contribution in [0.15, 0.2) is 40.7 Å². The van der Waals surface area contributed by atoms with E-state index in [9.17, 15) is 0 Å². The Morgan fingerprint density at radius 1 is 1.13 bits per heavy atom. The van der Waals surface area contributed by atoms with Crippen LogP contribution in [0, 0.1) is 0 Å². The fourth-order valence-corrected chi connectivity index (χ4v) is 4.58. The molecule has 2 heterocycles. The molecule has 1 aliphatic rings. The quantitative estimate of drug-likeness (QED) is 0.285. The Labute approximate surface area is 201 Å². The highest BCUT2D eigenvalue weighted by Crippen LogP contribution is 2.28. The Morgan fingerprint density at radius 3 is 2.53 bits per heavy atom. The van der Waals surface area contributed by atoms with Gasteiger partial charge in [0.05, 0.1) is 20.3 Å². The molecule has 1 atom stereocenters. The van der Waals surface area contributed by atoms with Gasteiger partial charge in [-0.15, -0.1) is 35.3 Å². The van der Waals surface area contributed by atoms with E-state index < -0.39 is 0 Å². The zero-order valence-corrected chi connectivity index (χ0v) is 21.2. The minimum atomic E-state index is 0. The number of nitrogens with one attached hydrogen (secondary N) is 2. The number of methoxy groups -OCH3 is 2. The minimum Gasteiger partial charge on any atom is -0.493 e. The lowest BCUT2D eigenvalue weighted by molar-refractivity contribution is 0.249. The predicted octanol–water partition coefficient (Wildman–Crippen LogP) is 3.93. The van der Waals surface area contributed by atoms with Crippen LogP contribution in [0.3, 0.4) is 0 Å². The molecule has 0 bridgehead atoms. The van der Waals surface area contributed by atoms with Gasteiger partial charge in [0.15, 0.2) is 17.5 Å². The summed E-state index contributed by atoms with van der Waals surface area (Å²) < 4.78 is 10.7. The summed E-state index contributed by atoms with van der Waals surface area (Å²) in [6.45, 7) is 4.00. The van der Waals surface area contributed by atoms with Crippen molar-refractivity contribution in [3.05, 3.63) is 46.2 Å². The van der Waals surface area contributed by atoms with Crippen molar-refractivity contribution in [2.45, 2.75) is 25.3 Å². The third-order valence-corrected chi connectivity index (χ3v) is 6.27. The number of hydrogen-bond donors (Lipinski definition) is 2. The van der Waals surface area contributed by atoms with Crippen LogP contribution < -0.4 is 20.1 Å². The van der Waals surface area contributed by atoms with Crippen molar-refractivity contribution in [2.24, 2.45) is 4.99 Å². The minimum absolute atomic E-state index is 0. The first-order valence-corrected chi connectivity index (χ1v) is 11.1. The second-order valence-corrected chi connectivity index (χ2v) is 8.07. The van der Waals surface area contributed by atoms with Crippen LogP contribution in [0.4, 0.5) is 0 Å². The van der Waals surface area contributed by atoms with Crippen molar-refractivity contribution in [3.63, 3.8) is 0 Å². The Bertz CT molecular complexity index is 779. The van der Waals surface area contributed by atoms with Crippen molar-refractivity contribution in [2.75, 3.05) is 47.4 Å². The standard InChI is InChI=1S/C22H32N4O2S.HI/c1-23-22(24-11-10-17-8-9-19(27-2)20(15-17)28-3)25-16-18(21-7-6-14-29-21)26-12-4-5-13-26;/h6-9,14-15,18H,4-5,10-13,16H2,1-3H3,(H2,23,24,25);1H. The number of guanidine groups is 1. The number of nitrogens with zero attached hydrogens (tertiary/aromatic N) is 2. The number of hydrogen-bond acceptors (Lipinski definition) is 5. The molecule has 0 radical (unpaired) electrons. The topological polar surface area (TPSA) is 58.1 Å². The maximum absolute atomic E-state index is 5.39. The first-order valence-electron chi connectivity index (χ1n) is 10.2. The predicted molar refractivity (Wildman–Crippen MR) is 136 cm³/mol. The van der Waals surface area contributed by atoms with Crippen molar-refractivity contribution in [3.8, 4) is 11.5 Å². The molecule has 1 fully saturated rings. The highest BCUT2D eigenvalue weighted by atomic mass is 127. The first kappa shape index (κ1) is 24.7. The number of benzene rings is 1. The Balaban J connectivity index is 0.00000320. The van der Waals surface area contributed by atoms with Crippen LogP contribution >= 0.6 is 35.3 Å². The molecule has 0 amide bonds. The molecule has 1 unspecified atom stereocenters. The van der Waals surface area contributed by atoms with E-state index in [-0.39, 0.29) is 24.0 Å². The van der Waals surface area contributed by atoms with Crippen LogP contribution in [-0.2, 0) is 6.42 Å². The molecule has 1 aromatic carbocycles. The fourth-order valence-electron chi connectivity index (χ4n) is 3.72. The zero-order chi connectivity index (χ0) is 20.5. The van der Waals surface area contributed by atoms with Crippen molar-refractivity contribution in [1.82, 2.24) is 15.5 Å². The lowest BCUT2D eigenvalue weighted by atomic mass is 10.1. The van der Waals surface area contributed by atoms with Crippen molar-refractivity contribution in [1.29, 1.82) is 0 Å². The number of aliphatic imine (C=N–C) groups is 1. The molecule has 0 aliphatic carbocycles. The second kappa shape index (κ2) is 13.0. The van der Waals surface area contributed by atoms with E-state index in [1.807, 2.05) is 30.5 Å². The number of rotatable bonds is 9. The highest BCUT2D eigenvalue weighted by molar-refractivity contribution is 14.0. The molecule has 1 aromatic heterocycles. The van der Waals surface area contributed by atoms with Crippen LogP contribution in [0.5, 0.6) is 11.5 Å². The van der Waals surface area contributed by atoms with Gasteiger partial charge in [-0.2, -0.15) is 0 Å². The van der Waals surface area contributed by atoms with Gasteiger partial charge in [0.1, 0.15) is 0 Å². The van der Waals surface area contributed by atoms with Crippen LogP contribution in [0.2, 0.25) is 0 Å². The third kappa shape index (κ3) is 6.75. The van der Waals surface area contributed by atoms with E-state index >= 15 is 0 Å². The van der Waals surface area contributed by atoms with E-state index in [0.717, 1.165) is 37.0 Å². The van der Waals surface area contributed by atoms with Gasteiger partial charge in [0, 0.05) is 25.0 Å². The summed E-state index contributed by atoms with van der Waals surface area (Å²) in [6.07, 6.45) is 3.46. The lowest BCUT2D eigenvalue weighted by Crippen LogP contribution is -2.43. The largest absolute Gasteiger partial charge is 0.493 e. The van der Waals surface area contributed by atoms with Gasteiger partial charge in [-0.3, -0.25) is 9.89 Å². The molecule has 0 saturated carbocycles. The van der Waals surface area contributed by atoms with E-state index in [1.165, 1.54) is 36.4 Å². The van der Waals surface area contributed by atoms with E-state index in [2.05, 4.69) is 44.1 Å². The summed E-state index contributed by atoms with van der Waals surface area (Å²) in [7, 11) is 5.14. The number of ether oxygens (including phenoxy) is 2. The van der Waals surface area contributed by atoms with Gasteiger partial charge in [0.25, 0.3) is 0 Å². The number of thiophene rings is 1. The van der Waals surface area contributed by atoms with Gasteiger partial charge in [0.2, 0.25) is 0 Å². The smallest absolute Gasteiger partial charge is 0.191 e. The average Bonchev–Trinajstić information content (AvgIpc) is 3.47. The van der Waals surface area contributed by atoms with E-state index in [0.29, 0.717) is 6.04 Å². The molecule has 6 nitrogen and oxygen atoms in total. The Kier molecular flexibility index (Phi) is 10.7. The fraction of sp³-hybridized carbons (Fsp3) is 0.500. The Hall–Kier alpha value is -1.52. The van der Waals surface area contributed by atoms with Gasteiger partial charge < -0.3 is 20.1 Å². The lowest BCUT2D eigenvalue weighted by Gasteiger charge is -2.27. The summed E-state index contributed by atoms with van der Waals surface area (Å²) >= 11 is 1.83. The van der Waals surface area contributed by atoms with Crippen LogP contribution in [-0.4, -0.2) is 58.3 Å². The molecule has 8 heteroatoms. The van der Waals surface area contributed by atoms with Gasteiger partial charge in [-0.25, -0.2) is 0 Å². The zero-order valence-electron chi connectivity index (χ0n) is 18.0.